The zero-order valence-electron chi connectivity index (χ0n) is 11.6. The second kappa shape index (κ2) is 6.53. The Kier molecular flexibility index (Phi) is 4.10. The molecule has 0 spiro atoms. The molecule has 1 amide bonds. The molecule has 0 saturated heterocycles. The summed E-state index contributed by atoms with van der Waals surface area (Å²) >= 11 is 0. The number of benzene rings is 1. The number of hydrogen-bond donors (Lipinski definition) is 2. The lowest BCUT2D eigenvalue weighted by atomic mass is 10.3. The van der Waals surface area contributed by atoms with Crippen LogP contribution in [0, 0.1) is 0 Å². The predicted molar refractivity (Wildman–Crippen MR) is 78.2 cm³/mol. The van der Waals surface area contributed by atoms with Crippen molar-refractivity contribution in [2.45, 2.75) is 6.54 Å². The largest absolute Gasteiger partial charge is 0.467 e. The lowest BCUT2D eigenvalue weighted by molar-refractivity contribution is -0.119. The molecule has 8 heteroatoms. The fraction of sp³-hybridized carbons (Fsp3) is 0.143. The fourth-order valence-electron chi connectivity index (χ4n) is 1.86. The third-order valence-corrected chi connectivity index (χ3v) is 2.97. The van der Waals surface area contributed by atoms with Crippen LogP contribution in [0.2, 0.25) is 0 Å². The van der Waals surface area contributed by atoms with Crippen LogP contribution < -0.4 is 10.6 Å². The summed E-state index contributed by atoms with van der Waals surface area (Å²) in [6.45, 7) is 0.566. The lowest BCUT2D eigenvalue weighted by Gasteiger charge is -2.07. The van der Waals surface area contributed by atoms with Gasteiger partial charge in [-0.25, -0.2) is 4.68 Å². The Balaban J connectivity index is 1.48. The number of rotatable bonds is 6. The third-order valence-electron chi connectivity index (χ3n) is 2.97. The van der Waals surface area contributed by atoms with E-state index in [1.54, 1.807) is 17.0 Å². The standard InChI is InChI=1S/C14H14N6O2/c21-14(16-8-13-2-1-7-22-13)9-15-11-3-5-12(6-4-11)20-10-17-18-19-20/h1-7,10,15H,8-9H2,(H,16,21). The Labute approximate surface area is 126 Å². The van der Waals surface area contributed by atoms with Crippen LogP contribution in [0.4, 0.5) is 5.69 Å². The van der Waals surface area contributed by atoms with Gasteiger partial charge in [0.25, 0.3) is 0 Å². The van der Waals surface area contributed by atoms with Gasteiger partial charge in [0.15, 0.2) is 0 Å². The van der Waals surface area contributed by atoms with Crippen LogP contribution in [0.1, 0.15) is 5.76 Å². The molecule has 112 valence electrons. The van der Waals surface area contributed by atoms with Gasteiger partial charge >= 0.3 is 0 Å². The molecule has 8 nitrogen and oxygen atoms in total. The molecular weight excluding hydrogens is 284 g/mol. The number of amides is 1. The number of nitrogens with zero attached hydrogens (tertiary/aromatic N) is 4. The van der Waals surface area contributed by atoms with Gasteiger partial charge in [-0.2, -0.15) is 0 Å². The fourth-order valence-corrected chi connectivity index (χ4v) is 1.86. The van der Waals surface area contributed by atoms with Gasteiger partial charge in [0, 0.05) is 5.69 Å². The van der Waals surface area contributed by atoms with Gasteiger partial charge in [0.05, 0.1) is 25.0 Å². The van der Waals surface area contributed by atoms with E-state index in [0.29, 0.717) is 6.54 Å². The van der Waals surface area contributed by atoms with Crippen LogP contribution in [0.15, 0.2) is 53.4 Å². The molecule has 0 radical (unpaired) electrons. The second-order valence-electron chi connectivity index (χ2n) is 4.51. The molecule has 2 aromatic heterocycles. The topological polar surface area (TPSA) is 97.9 Å². The van der Waals surface area contributed by atoms with Gasteiger partial charge in [-0.15, -0.1) is 5.10 Å². The van der Waals surface area contributed by atoms with Crippen LogP contribution in [0.25, 0.3) is 5.69 Å². The van der Waals surface area contributed by atoms with Gasteiger partial charge in [0.1, 0.15) is 12.1 Å². The number of hydrogen-bond acceptors (Lipinski definition) is 6. The number of carbonyl (C=O) groups excluding carboxylic acids is 1. The van der Waals surface area contributed by atoms with E-state index >= 15 is 0 Å². The zero-order chi connectivity index (χ0) is 15.2. The average molecular weight is 298 g/mol. The molecule has 2 N–H and O–H groups in total. The predicted octanol–water partition coefficient (Wildman–Crippen LogP) is 0.984. The van der Waals surface area contributed by atoms with Crippen molar-refractivity contribution in [1.29, 1.82) is 0 Å². The minimum absolute atomic E-state index is 0.110. The number of furan rings is 1. The Morgan fingerprint density at radius 2 is 2.09 bits per heavy atom. The van der Waals surface area contributed by atoms with Gasteiger partial charge < -0.3 is 15.1 Å². The first kappa shape index (κ1) is 13.8. The van der Waals surface area contributed by atoms with Gasteiger partial charge in [-0.1, -0.05) is 0 Å². The van der Waals surface area contributed by atoms with Crippen LogP contribution >= 0.6 is 0 Å². The number of aromatic nitrogens is 4. The molecule has 2 heterocycles. The van der Waals surface area contributed by atoms with Gasteiger partial charge in [-0.3, -0.25) is 4.79 Å². The number of tetrazole rings is 1. The van der Waals surface area contributed by atoms with Gasteiger partial charge in [-0.05, 0) is 46.8 Å². The van der Waals surface area contributed by atoms with Gasteiger partial charge in [0.2, 0.25) is 5.91 Å². The van der Waals surface area contributed by atoms with Crippen LogP contribution in [-0.4, -0.2) is 32.7 Å². The van der Waals surface area contributed by atoms with Crippen molar-refractivity contribution < 1.29 is 9.21 Å². The SMILES string of the molecule is O=C(CNc1ccc(-n2cnnn2)cc1)NCc1ccco1. The van der Waals surface area contributed by atoms with Crippen LogP contribution in [0.3, 0.4) is 0 Å². The van der Waals surface area contributed by atoms with E-state index in [2.05, 4.69) is 26.2 Å². The van der Waals surface area contributed by atoms with Crippen LogP contribution in [-0.2, 0) is 11.3 Å². The Bertz CT molecular complexity index is 706. The monoisotopic (exact) mass is 298 g/mol. The highest BCUT2D eigenvalue weighted by Crippen LogP contribution is 2.11. The molecule has 0 saturated carbocycles. The third kappa shape index (κ3) is 3.48. The summed E-state index contributed by atoms with van der Waals surface area (Å²) in [5.41, 5.74) is 1.68. The van der Waals surface area contributed by atoms with E-state index in [0.717, 1.165) is 17.1 Å². The molecule has 0 atom stereocenters. The summed E-state index contributed by atoms with van der Waals surface area (Å²) in [6.07, 6.45) is 3.09. The maximum absolute atomic E-state index is 11.7. The minimum atomic E-state index is -0.110. The first-order chi connectivity index (χ1) is 10.8. The Morgan fingerprint density at radius 1 is 1.23 bits per heavy atom. The zero-order valence-corrected chi connectivity index (χ0v) is 11.6. The molecule has 0 aliphatic heterocycles. The first-order valence-electron chi connectivity index (χ1n) is 6.67. The molecule has 0 unspecified atom stereocenters. The quantitative estimate of drug-likeness (QED) is 0.704. The number of carbonyl (C=O) groups is 1. The molecule has 3 aromatic rings. The van der Waals surface area contributed by atoms with Crippen molar-refractivity contribution in [1.82, 2.24) is 25.5 Å². The average Bonchev–Trinajstić information content (AvgIpc) is 3.24. The smallest absolute Gasteiger partial charge is 0.239 e. The lowest BCUT2D eigenvalue weighted by Crippen LogP contribution is -2.29. The van der Waals surface area contributed by atoms with Crippen molar-refractivity contribution in [3.8, 4) is 5.69 Å². The molecule has 0 aliphatic rings. The second-order valence-corrected chi connectivity index (χ2v) is 4.51. The molecule has 22 heavy (non-hydrogen) atoms. The van der Waals surface area contributed by atoms with E-state index in [9.17, 15) is 4.79 Å². The summed E-state index contributed by atoms with van der Waals surface area (Å²) in [5.74, 6) is 0.611. The van der Waals surface area contributed by atoms with Crippen LogP contribution in [0.5, 0.6) is 0 Å². The highest BCUT2D eigenvalue weighted by atomic mass is 16.3. The first-order valence-corrected chi connectivity index (χ1v) is 6.67. The van der Waals surface area contributed by atoms with E-state index in [1.165, 1.54) is 6.33 Å². The van der Waals surface area contributed by atoms with E-state index < -0.39 is 0 Å². The molecular formula is C14H14N6O2. The van der Waals surface area contributed by atoms with E-state index in [-0.39, 0.29) is 12.5 Å². The van der Waals surface area contributed by atoms with Crippen molar-refractivity contribution in [2.24, 2.45) is 0 Å². The minimum Gasteiger partial charge on any atom is -0.467 e. The summed E-state index contributed by atoms with van der Waals surface area (Å²) in [6, 6.07) is 11.0. The van der Waals surface area contributed by atoms with Crippen molar-refractivity contribution >= 4 is 11.6 Å². The van der Waals surface area contributed by atoms with Crippen molar-refractivity contribution in [2.75, 3.05) is 11.9 Å². The van der Waals surface area contributed by atoms with E-state index in [4.69, 9.17) is 4.42 Å². The summed E-state index contributed by atoms with van der Waals surface area (Å²) in [4.78, 5) is 11.7. The van der Waals surface area contributed by atoms with Crippen molar-refractivity contribution in [3.05, 3.63) is 54.7 Å². The maximum Gasteiger partial charge on any atom is 0.239 e. The summed E-state index contributed by atoms with van der Waals surface area (Å²) < 4.78 is 6.70. The summed E-state index contributed by atoms with van der Waals surface area (Å²) in [7, 11) is 0. The molecule has 0 aliphatic carbocycles. The number of anilines is 1. The normalized spacial score (nSPS) is 10.4. The molecule has 3 rings (SSSR count). The van der Waals surface area contributed by atoms with Crippen molar-refractivity contribution in [3.63, 3.8) is 0 Å². The maximum atomic E-state index is 11.7. The molecule has 0 fully saturated rings. The Hall–Kier alpha value is -3.16. The van der Waals surface area contributed by atoms with E-state index in [1.807, 2.05) is 30.3 Å². The summed E-state index contributed by atoms with van der Waals surface area (Å²) in [5, 5.41) is 16.8. The molecule has 0 bridgehead atoms. The highest BCUT2D eigenvalue weighted by molar-refractivity contribution is 5.80. The Morgan fingerprint density at radius 3 is 2.77 bits per heavy atom. The highest BCUT2D eigenvalue weighted by Gasteiger charge is 2.03. The molecule has 1 aromatic carbocycles. The number of nitrogens with one attached hydrogen (secondary N) is 2.